The van der Waals surface area contributed by atoms with E-state index >= 15 is 0 Å². The van der Waals surface area contributed by atoms with Gasteiger partial charge in [-0.25, -0.2) is 0 Å². The van der Waals surface area contributed by atoms with Gasteiger partial charge in [-0.2, -0.15) is 0 Å². The number of rotatable bonds is 2. The van der Waals surface area contributed by atoms with Crippen molar-refractivity contribution in [2.24, 2.45) is 0 Å². The molecule has 0 aliphatic rings. The van der Waals surface area contributed by atoms with E-state index < -0.39 is 0 Å². The molecule has 0 unspecified atom stereocenters. The zero-order chi connectivity index (χ0) is 7.40. The van der Waals surface area contributed by atoms with Crippen LogP contribution in [-0.4, -0.2) is 5.33 Å². The van der Waals surface area contributed by atoms with E-state index in [2.05, 4.69) is 44.0 Å². The first-order valence-corrected chi connectivity index (χ1v) is 5.13. The Bertz CT molecular complexity index is 184. The van der Waals surface area contributed by atoms with E-state index in [9.17, 15) is 0 Å². The van der Waals surface area contributed by atoms with Gasteiger partial charge in [0.15, 0.2) is 0 Å². The maximum absolute atomic E-state index is 3.54. The van der Waals surface area contributed by atoms with Crippen LogP contribution in [0.15, 0.2) is 30.3 Å². The number of benzene rings is 1. The average molecular weight is 264 g/mol. The summed E-state index contributed by atoms with van der Waals surface area (Å²) in [5, 5.41) is 0.955. The van der Waals surface area contributed by atoms with Crippen LogP contribution in [0.3, 0.4) is 0 Å². The summed E-state index contributed by atoms with van der Waals surface area (Å²) in [6, 6.07) is 10.3. The molecule has 1 aromatic rings. The molecule has 0 amide bonds. The summed E-state index contributed by atoms with van der Waals surface area (Å²) in [7, 11) is 0. The molecule has 0 N–H and O–H groups in total. The first-order valence-electron chi connectivity index (χ1n) is 3.09. The van der Waals surface area contributed by atoms with Crippen LogP contribution in [0.25, 0.3) is 0 Å². The highest BCUT2D eigenvalue weighted by atomic mass is 79.9. The van der Waals surface area contributed by atoms with Gasteiger partial charge in [0.25, 0.3) is 0 Å². The highest BCUT2D eigenvalue weighted by Crippen LogP contribution is 2.23. The van der Waals surface area contributed by atoms with Gasteiger partial charge < -0.3 is 0 Å². The van der Waals surface area contributed by atoms with Crippen LogP contribution in [-0.2, 0) is 0 Å². The molecule has 0 bridgehead atoms. The van der Waals surface area contributed by atoms with Crippen LogP contribution in [0.4, 0.5) is 0 Å². The van der Waals surface area contributed by atoms with Crippen LogP contribution in [0.5, 0.6) is 0 Å². The SMILES string of the molecule is BrC[C@@H](Br)c1ccccc1. The first-order chi connectivity index (χ1) is 4.84. The Balaban J connectivity index is 2.75. The lowest BCUT2D eigenvalue weighted by atomic mass is 10.2. The van der Waals surface area contributed by atoms with Crippen molar-refractivity contribution >= 4 is 31.9 Å². The largest absolute Gasteiger partial charge is 0.0912 e. The van der Waals surface area contributed by atoms with Gasteiger partial charge in [0.1, 0.15) is 0 Å². The molecule has 0 fully saturated rings. The van der Waals surface area contributed by atoms with Crippen molar-refractivity contribution in [1.82, 2.24) is 0 Å². The van der Waals surface area contributed by atoms with Gasteiger partial charge in [-0.1, -0.05) is 62.2 Å². The van der Waals surface area contributed by atoms with Gasteiger partial charge in [-0.15, -0.1) is 0 Å². The summed E-state index contributed by atoms with van der Waals surface area (Å²) in [6.07, 6.45) is 0. The Morgan fingerprint density at radius 3 is 2.30 bits per heavy atom. The Morgan fingerprint density at radius 1 is 1.20 bits per heavy atom. The van der Waals surface area contributed by atoms with Crippen LogP contribution in [0.1, 0.15) is 10.4 Å². The molecule has 0 radical (unpaired) electrons. The molecule has 1 atom stereocenters. The monoisotopic (exact) mass is 262 g/mol. The highest BCUT2D eigenvalue weighted by molar-refractivity contribution is 9.12. The van der Waals surface area contributed by atoms with E-state index in [0.717, 1.165) is 5.33 Å². The quantitative estimate of drug-likeness (QED) is 0.717. The molecule has 54 valence electrons. The third-order valence-electron chi connectivity index (χ3n) is 1.30. The average Bonchev–Trinajstić information content (AvgIpc) is 2.05. The number of hydrogen-bond acceptors (Lipinski definition) is 0. The lowest BCUT2D eigenvalue weighted by molar-refractivity contribution is 1.15. The first kappa shape index (κ1) is 8.28. The lowest BCUT2D eigenvalue weighted by Gasteiger charge is -2.03. The van der Waals surface area contributed by atoms with Crippen molar-refractivity contribution in [1.29, 1.82) is 0 Å². The highest BCUT2D eigenvalue weighted by Gasteiger charge is 2.02. The molecule has 0 aliphatic heterocycles. The normalized spacial score (nSPS) is 13.0. The Morgan fingerprint density at radius 2 is 1.80 bits per heavy atom. The fourth-order valence-electron chi connectivity index (χ4n) is 0.751. The molecule has 0 nitrogen and oxygen atoms in total. The van der Waals surface area contributed by atoms with Crippen LogP contribution < -0.4 is 0 Å². The summed E-state index contributed by atoms with van der Waals surface area (Å²) in [6.45, 7) is 0. The molecule has 1 aromatic carbocycles. The minimum Gasteiger partial charge on any atom is -0.0912 e. The minimum atomic E-state index is 0.439. The van der Waals surface area contributed by atoms with Crippen LogP contribution in [0.2, 0.25) is 0 Å². The molecule has 0 aliphatic carbocycles. The zero-order valence-corrected chi connectivity index (χ0v) is 8.60. The lowest BCUT2D eigenvalue weighted by Crippen LogP contribution is -1.88. The van der Waals surface area contributed by atoms with Gasteiger partial charge >= 0.3 is 0 Å². The van der Waals surface area contributed by atoms with Crippen molar-refractivity contribution < 1.29 is 0 Å². The molecule has 2 heteroatoms. The molecular weight excluding hydrogens is 256 g/mol. The predicted octanol–water partition coefficient (Wildman–Crippen LogP) is 3.52. The summed E-state index contributed by atoms with van der Waals surface area (Å²) >= 11 is 6.94. The van der Waals surface area contributed by atoms with Gasteiger partial charge in [0.05, 0.1) is 0 Å². The smallest absolute Gasteiger partial charge is 0.0492 e. The maximum Gasteiger partial charge on any atom is 0.0492 e. The van der Waals surface area contributed by atoms with Gasteiger partial charge in [0, 0.05) is 10.2 Å². The molecule has 0 heterocycles. The Hall–Kier alpha value is 0.180. The molecule has 10 heavy (non-hydrogen) atoms. The van der Waals surface area contributed by atoms with Crippen LogP contribution >= 0.6 is 31.9 Å². The zero-order valence-electron chi connectivity index (χ0n) is 5.43. The maximum atomic E-state index is 3.54. The van der Waals surface area contributed by atoms with E-state index in [1.54, 1.807) is 0 Å². The topological polar surface area (TPSA) is 0 Å². The number of alkyl halides is 2. The Labute approximate surface area is 77.9 Å². The molecule has 0 saturated carbocycles. The minimum absolute atomic E-state index is 0.439. The van der Waals surface area contributed by atoms with Crippen molar-refractivity contribution in [3.05, 3.63) is 35.9 Å². The van der Waals surface area contributed by atoms with Gasteiger partial charge in [-0.05, 0) is 5.56 Å². The van der Waals surface area contributed by atoms with Gasteiger partial charge in [0.2, 0.25) is 0 Å². The third kappa shape index (κ3) is 2.10. The van der Waals surface area contributed by atoms with E-state index in [1.807, 2.05) is 18.2 Å². The molecule has 1 rings (SSSR count). The van der Waals surface area contributed by atoms with Gasteiger partial charge in [-0.3, -0.25) is 0 Å². The van der Waals surface area contributed by atoms with Crippen molar-refractivity contribution in [3.8, 4) is 0 Å². The molecule has 0 aromatic heterocycles. The summed E-state index contributed by atoms with van der Waals surface area (Å²) in [4.78, 5) is 0.439. The standard InChI is InChI=1S/C8H8Br2/c9-6-8(10)7-4-2-1-3-5-7/h1-5,8H,6H2/t8-/m1/s1. The third-order valence-corrected chi connectivity index (χ3v) is 3.67. The number of hydrogen-bond donors (Lipinski definition) is 0. The van der Waals surface area contributed by atoms with Crippen molar-refractivity contribution in [2.45, 2.75) is 4.83 Å². The second kappa shape index (κ2) is 4.14. The fraction of sp³-hybridized carbons (Fsp3) is 0.250. The fourth-order valence-corrected chi connectivity index (χ4v) is 1.43. The van der Waals surface area contributed by atoms with E-state index in [4.69, 9.17) is 0 Å². The number of halogens is 2. The van der Waals surface area contributed by atoms with Crippen molar-refractivity contribution in [2.75, 3.05) is 5.33 Å². The van der Waals surface area contributed by atoms with E-state index in [1.165, 1.54) is 5.56 Å². The van der Waals surface area contributed by atoms with Crippen LogP contribution in [0, 0.1) is 0 Å². The van der Waals surface area contributed by atoms with Crippen molar-refractivity contribution in [3.63, 3.8) is 0 Å². The second-order valence-corrected chi connectivity index (χ2v) is 3.79. The summed E-state index contributed by atoms with van der Waals surface area (Å²) in [5.74, 6) is 0. The van der Waals surface area contributed by atoms with E-state index in [0.29, 0.717) is 4.83 Å². The molecule has 0 spiro atoms. The summed E-state index contributed by atoms with van der Waals surface area (Å²) in [5.41, 5.74) is 1.32. The predicted molar refractivity (Wildman–Crippen MR) is 51.9 cm³/mol. The molecule has 0 saturated heterocycles. The second-order valence-electron chi connectivity index (χ2n) is 2.03. The molecular formula is C8H8Br2. The summed E-state index contributed by atoms with van der Waals surface area (Å²) < 4.78 is 0. The van der Waals surface area contributed by atoms with E-state index in [-0.39, 0.29) is 0 Å². The Kier molecular flexibility index (Phi) is 3.43.